The molecule has 30 heavy (non-hydrogen) atoms. The first-order chi connectivity index (χ1) is 14.6. The van der Waals surface area contributed by atoms with Gasteiger partial charge in [-0.3, -0.25) is 5.01 Å². The van der Waals surface area contributed by atoms with Crippen molar-refractivity contribution < 1.29 is 0 Å². The number of anilines is 1. The monoisotopic (exact) mass is 434 g/mol. The van der Waals surface area contributed by atoms with E-state index in [1.165, 1.54) is 0 Å². The number of hydrazone groups is 1. The Morgan fingerprint density at radius 1 is 0.900 bits per heavy atom. The Kier molecular flexibility index (Phi) is 6.17. The maximum Gasteiger partial charge on any atom is 0.142 e. The van der Waals surface area contributed by atoms with E-state index in [1.54, 1.807) is 10.9 Å². The van der Waals surface area contributed by atoms with Crippen molar-refractivity contribution >= 4 is 35.1 Å². The van der Waals surface area contributed by atoms with Crippen molar-refractivity contribution in [2.45, 2.75) is 13.5 Å². The molecular formula is C24H20Cl2N4. The predicted octanol–water partition coefficient (Wildman–Crippen LogP) is 6.53. The van der Waals surface area contributed by atoms with Crippen molar-refractivity contribution in [1.29, 1.82) is 0 Å². The average Bonchev–Trinajstić information content (AvgIpc) is 3.06. The molecule has 6 heteroatoms. The van der Waals surface area contributed by atoms with Gasteiger partial charge < -0.3 is 0 Å². The van der Waals surface area contributed by atoms with Crippen LogP contribution >= 0.6 is 23.2 Å². The lowest BCUT2D eigenvalue weighted by Crippen LogP contribution is -2.16. The molecular weight excluding hydrogens is 415 g/mol. The molecule has 1 heterocycles. The second-order valence-corrected chi connectivity index (χ2v) is 7.60. The average molecular weight is 435 g/mol. The topological polar surface area (TPSA) is 33.4 Å². The maximum absolute atomic E-state index is 6.65. The molecule has 4 nitrogen and oxygen atoms in total. The molecule has 150 valence electrons. The van der Waals surface area contributed by atoms with Crippen molar-refractivity contribution in [2.75, 3.05) is 5.01 Å². The van der Waals surface area contributed by atoms with Gasteiger partial charge in [-0.25, -0.2) is 4.68 Å². The second kappa shape index (κ2) is 9.16. The first-order valence-corrected chi connectivity index (χ1v) is 10.3. The van der Waals surface area contributed by atoms with E-state index in [2.05, 4.69) is 17.2 Å². The van der Waals surface area contributed by atoms with Crippen LogP contribution in [0.3, 0.4) is 0 Å². The molecule has 0 radical (unpaired) electrons. The van der Waals surface area contributed by atoms with Crippen LogP contribution in [0.15, 0.2) is 90.0 Å². The molecule has 0 amide bonds. The molecule has 0 aliphatic heterocycles. The summed E-state index contributed by atoms with van der Waals surface area (Å²) in [5.74, 6) is 0. The van der Waals surface area contributed by atoms with Gasteiger partial charge in [-0.1, -0.05) is 71.7 Å². The summed E-state index contributed by atoms with van der Waals surface area (Å²) in [5.41, 5.74) is 4.58. The minimum absolute atomic E-state index is 0.506. The minimum atomic E-state index is 0.506. The zero-order valence-corrected chi connectivity index (χ0v) is 17.9. The minimum Gasteiger partial charge on any atom is -0.261 e. The van der Waals surface area contributed by atoms with Gasteiger partial charge >= 0.3 is 0 Å². The highest BCUT2D eigenvalue weighted by atomic mass is 35.5. The molecule has 0 saturated carbocycles. The van der Waals surface area contributed by atoms with Crippen molar-refractivity contribution in [2.24, 2.45) is 5.10 Å². The number of aryl methyl sites for hydroxylation is 1. The highest BCUT2D eigenvalue weighted by Crippen LogP contribution is 2.24. The molecule has 0 atom stereocenters. The van der Waals surface area contributed by atoms with E-state index in [-0.39, 0.29) is 0 Å². The molecule has 0 saturated heterocycles. The summed E-state index contributed by atoms with van der Waals surface area (Å²) in [6, 6.07) is 27.7. The smallest absolute Gasteiger partial charge is 0.142 e. The van der Waals surface area contributed by atoms with E-state index in [4.69, 9.17) is 28.3 Å². The quantitative estimate of drug-likeness (QED) is 0.255. The van der Waals surface area contributed by atoms with Crippen LogP contribution in [0.1, 0.15) is 16.8 Å². The summed E-state index contributed by atoms with van der Waals surface area (Å²) in [7, 11) is 0. The van der Waals surface area contributed by atoms with Crippen LogP contribution in [0.5, 0.6) is 0 Å². The second-order valence-electron chi connectivity index (χ2n) is 6.80. The molecule has 3 aromatic carbocycles. The molecule has 1 aromatic heterocycles. The lowest BCUT2D eigenvalue weighted by atomic mass is 10.2. The Bertz CT molecular complexity index is 1140. The summed E-state index contributed by atoms with van der Waals surface area (Å²) in [4.78, 5) is 0. The number of rotatable bonds is 6. The van der Waals surface area contributed by atoms with Gasteiger partial charge in [0.1, 0.15) is 5.15 Å². The van der Waals surface area contributed by atoms with Crippen LogP contribution in [-0.4, -0.2) is 16.0 Å². The Balaban J connectivity index is 1.66. The number of aromatic nitrogens is 2. The number of halogens is 2. The van der Waals surface area contributed by atoms with Crippen molar-refractivity contribution in [3.05, 3.63) is 112 Å². The molecule has 0 spiro atoms. The lowest BCUT2D eigenvalue weighted by Gasteiger charge is -2.19. The van der Waals surface area contributed by atoms with Crippen LogP contribution < -0.4 is 5.01 Å². The summed E-state index contributed by atoms with van der Waals surface area (Å²) < 4.78 is 1.69. The fourth-order valence-corrected chi connectivity index (χ4v) is 3.54. The van der Waals surface area contributed by atoms with Gasteiger partial charge in [0.25, 0.3) is 0 Å². The van der Waals surface area contributed by atoms with Crippen LogP contribution in [-0.2, 0) is 6.54 Å². The number of hydrogen-bond acceptors (Lipinski definition) is 3. The lowest BCUT2D eigenvalue weighted by molar-refractivity contribution is 0.858. The first-order valence-electron chi connectivity index (χ1n) is 9.53. The Hall–Kier alpha value is -3.08. The molecule has 0 aliphatic rings. The fourth-order valence-electron chi connectivity index (χ4n) is 3.09. The third kappa shape index (κ3) is 4.56. The number of hydrogen-bond donors (Lipinski definition) is 0. The van der Waals surface area contributed by atoms with Crippen molar-refractivity contribution in [3.63, 3.8) is 0 Å². The van der Waals surface area contributed by atoms with E-state index in [1.807, 2.05) is 84.7 Å². The van der Waals surface area contributed by atoms with Crippen molar-refractivity contribution in [3.8, 4) is 5.69 Å². The van der Waals surface area contributed by atoms with Crippen LogP contribution in [0.4, 0.5) is 5.69 Å². The van der Waals surface area contributed by atoms with Gasteiger partial charge in [-0.15, -0.1) is 0 Å². The molecule has 4 aromatic rings. The van der Waals surface area contributed by atoms with Gasteiger partial charge in [-0.2, -0.15) is 10.2 Å². The fraction of sp³-hybridized carbons (Fsp3) is 0.0833. The zero-order chi connectivity index (χ0) is 20.9. The molecule has 0 N–H and O–H groups in total. The number of para-hydroxylation sites is 1. The number of nitrogens with zero attached hydrogens (tertiary/aromatic N) is 4. The largest absolute Gasteiger partial charge is 0.261 e. The predicted molar refractivity (Wildman–Crippen MR) is 125 cm³/mol. The maximum atomic E-state index is 6.65. The van der Waals surface area contributed by atoms with Crippen LogP contribution in [0.2, 0.25) is 10.2 Å². The zero-order valence-electron chi connectivity index (χ0n) is 16.4. The summed E-state index contributed by atoms with van der Waals surface area (Å²) >= 11 is 12.6. The molecule has 0 bridgehead atoms. The third-order valence-corrected chi connectivity index (χ3v) is 5.29. The third-order valence-electron chi connectivity index (χ3n) is 4.67. The van der Waals surface area contributed by atoms with Gasteiger partial charge in [0, 0.05) is 5.02 Å². The summed E-state index contributed by atoms with van der Waals surface area (Å²) in [6.07, 6.45) is 1.77. The van der Waals surface area contributed by atoms with E-state index in [0.29, 0.717) is 16.7 Å². The molecule has 0 fully saturated rings. The van der Waals surface area contributed by atoms with E-state index in [9.17, 15) is 0 Å². The molecule has 0 aliphatic carbocycles. The van der Waals surface area contributed by atoms with Gasteiger partial charge in [0.05, 0.1) is 35.4 Å². The highest BCUT2D eigenvalue weighted by Gasteiger charge is 2.14. The van der Waals surface area contributed by atoms with Crippen LogP contribution in [0, 0.1) is 6.92 Å². The van der Waals surface area contributed by atoms with E-state index in [0.717, 1.165) is 28.2 Å². The highest BCUT2D eigenvalue weighted by molar-refractivity contribution is 6.32. The Morgan fingerprint density at radius 2 is 1.53 bits per heavy atom. The summed E-state index contributed by atoms with van der Waals surface area (Å²) in [6.45, 7) is 2.56. The van der Waals surface area contributed by atoms with Gasteiger partial charge in [0.15, 0.2) is 0 Å². The van der Waals surface area contributed by atoms with Crippen molar-refractivity contribution in [1.82, 2.24) is 9.78 Å². The SMILES string of the molecule is Cc1nn(-c2ccc(Cl)cc2)c(Cl)c1/C=N/N(Cc1ccccc1)c1ccccc1. The summed E-state index contributed by atoms with van der Waals surface area (Å²) in [5, 5.41) is 12.4. The first kappa shape index (κ1) is 20.2. The van der Waals surface area contributed by atoms with Gasteiger partial charge in [0.2, 0.25) is 0 Å². The van der Waals surface area contributed by atoms with Crippen LogP contribution in [0.25, 0.3) is 5.69 Å². The standard InChI is InChI=1S/C24H20Cl2N4/c1-18-23(24(26)30(28-18)22-14-12-20(25)13-15-22)16-27-29(21-10-6-3-7-11-21)17-19-8-4-2-5-9-19/h2-16H,17H2,1H3/b27-16+. The van der Waals surface area contributed by atoms with E-state index >= 15 is 0 Å². The normalized spacial score (nSPS) is 11.2. The van der Waals surface area contributed by atoms with E-state index < -0.39 is 0 Å². The molecule has 4 rings (SSSR count). The Labute approximate surface area is 186 Å². The van der Waals surface area contributed by atoms with Gasteiger partial charge in [-0.05, 0) is 48.9 Å². The number of benzene rings is 3. The molecule has 0 unspecified atom stereocenters. The Morgan fingerprint density at radius 3 is 2.20 bits per heavy atom.